The van der Waals surface area contributed by atoms with Crippen molar-refractivity contribution in [3.8, 4) is 0 Å². The van der Waals surface area contributed by atoms with Gasteiger partial charge in [-0.25, -0.2) is 15.8 Å². The zero-order chi connectivity index (χ0) is 12.8. The normalized spacial score (nSPS) is 9.83. The zero-order valence-electron chi connectivity index (χ0n) is 9.50. The fourth-order valence-corrected chi connectivity index (χ4v) is 1.28. The standard InChI is InChI=1S/C11H12N6O/c12-17-10-7-14-9(6-15-10)11(18)16-5-8-3-1-2-4-13-8/h1-4,6-7H,5,12H2,(H,15,17)(H,16,18). The van der Waals surface area contributed by atoms with E-state index in [0.717, 1.165) is 5.69 Å². The molecule has 4 N–H and O–H groups in total. The van der Waals surface area contributed by atoms with Gasteiger partial charge in [-0.05, 0) is 12.1 Å². The summed E-state index contributed by atoms with van der Waals surface area (Å²) < 4.78 is 0. The second-order valence-electron chi connectivity index (χ2n) is 3.43. The Hall–Kier alpha value is -2.54. The second-order valence-corrected chi connectivity index (χ2v) is 3.43. The Labute approximate surface area is 103 Å². The van der Waals surface area contributed by atoms with Gasteiger partial charge in [-0.3, -0.25) is 9.78 Å². The Bertz CT molecular complexity index is 513. The van der Waals surface area contributed by atoms with Gasteiger partial charge in [-0.1, -0.05) is 6.07 Å². The Morgan fingerprint density at radius 3 is 2.72 bits per heavy atom. The number of carbonyl (C=O) groups is 1. The summed E-state index contributed by atoms with van der Waals surface area (Å²) in [6, 6.07) is 5.50. The number of pyridine rings is 1. The van der Waals surface area contributed by atoms with Crippen LogP contribution in [-0.2, 0) is 6.54 Å². The maximum atomic E-state index is 11.7. The van der Waals surface area contributed by atoms with Crippen LogP contribution in [0.1, 0.15) is 16.2 Å². The molecular formula is C11H12N6O. The third kappa shape index (κ3) is 2.98. The lowest BCUT2D eigenvalue weighted by molar-refractivity contribution is 0.0945. The number of amides is 1. The van der Waals surface area contributed by atoms with Crippen LogP contribution in [0.5, 0.6) is 0 Å². The summed E-state index contributed by atoms with van der Waals surface area (Å²) >= 11 is 0. The van der Waals surface area contributed by atoms with Gasteiger partial charge in [0, 0.05) is 6.20 Å². The van der Waals surface area contributed by atoms with Gasteiger partial charge < -0.3 is 10.7 Å². The third-order valence-electron chi connectivity index (χ3n) is 2.19. The molecule has 0 radical (unpaired) electrons. The number of hydrogen-bond acceptors (Lipinski definition) is 6. The first-order valence-electron chi connectivity index (χ1n) is 5.26. The van der Waals surface area contributed by atoms with Crippen LogP contribution < -0.4 is 16.6 Å². The molecule has 7 nitrogen and oxygen atoms in total. The molecule has 2 aromatic heterocycles. The lowest BCUT2D eigenvalue weighted by Gasteiger charge is -2.04. The molecule has 0 aliphatic rings. The lowest BCUT2D eigenvalue weighted by atomic mass is 10.3. The third-order valence-corrected chi connectivity index (χ3v) is 2.19. The summed E-state index contributed by atoms with van der Waals surface area (Å²) in [5.74, 6) is 5.24. The number of carbonyl (C=O) groups excluding carboxylic acids is 1. The SMILES string of the molecule is NNc1cnc(C(=O)NCc2ccccn2)cn1. The summed E-state index contributed by atoms with van der Waals surface area (Å²) in [5.41, 5.74) is 3.34. The highest BCUT2D eigenvalue weighted by molar-refractivity contribution is 5.91. The van der Waals surface area contributed by atoms with Crippen LogP contribution >= 0.6 is 0 Å². The molecule has 92 valence electrons. The number of nitrogen functional groups attached to an aromatic ring is 1. The van der Waals surface area contributed by atoms with Crippen molar-refractivity contribution in [2.24, 2.45) is 5.84 Å². The topological polar surface area (TPSA) is 106 Å². The maximum absolute atomic E-state index is 11.7. The molecule has 0 aliphatic heterocycles. The number of hydrogen-bond donors (Lipinski definition) is 3. The van der Waals surface area contributed by atoms with Gasteiger partial charge in [0.25, 0.3) is 5.91 Å². The van der Waals surface area contributed by atoms with Gasteiger partial charge in [0.1, 0.15) is 5.69 Å². The van der Waals surface area contributed by atoms with E-state index in [1.807, 2.05) is 18.2 Å². The van der Waals surface area contributed by atoms with Gasteiger partial charge in [0.05, 0.1) is 24.6 Å². The second kappa shape index (κ2) is 5.69. The van der Waals surface area contributed by atoms with Crippen molar-refractivity contribution in [2.75, 3.05) is 5.43 Å². The van der Waals surface area contributed by atoms with E-state index in [1.165, 1.54) is 12.4 Å². The molecule has 7 heteroatoms. The first kappa shape index (κ1) is 11.9. The van der Waals surface area contributed by atoms with Crippen molar-refractivity contribution in [3.63, 3.8) is 0 Å². The predicted molar refractivity (Wildman–Crippen MR) is 65.2 cm³/mol. The van der Waals surface area contributed by atoms with Crippen LogP contribution in [0.4, 0.5) is 5.82 Å². The molecule has 0 saturated heterocycles. The summed E-state index contributed by atoms with van der Waals surface area (Å²) in [5, 5.41) is 2.70. The summed E-state index contributed by atoms with van der Waals surface area (Å²) in [4.78, 5) is 23.6. The number of nitrogens with zero attached hydrogens (tertiary/aromatic N) is 3. The van der Waals surface area contributed by atoms with Crippen LogP contribution in [0.2, 0.25) is 0 Å². The largest absolute Gasteiger partial charge is 0.345 e. The molecule has 2 rings (SSSR count). The molecule has 0 fully saturated rings. The molecule has 0 atom stereocenters. The first-order valence-corrected chi connectivity index (χ1v) is 5.26. The van der Waals surface area contributed by atoms with Crippen molar-refractivity contribution >= 4 is 11.7 Å². The Kier molecular flexibility index (Phi) is 3.77. The monoisotopic (exact) mass is 244 g/mol. The van der Waals surface area contributed by atoms with Crippen LogP contribution in [0, 0.1) is 0 Å². The van der Waals surface area contributed by atoms with Crippen LogP contribution in [0.3, 0.4) is 0 Å². The Balaban J connectivity index is 1.95. The number of nitrogens with two attached hydrogens (primary N) is 1. The van der Waals surface area contributed by atoms with E-state index in [0.29, 0.717) is 12.4 Å². The zero-order valence-corrected chi connectivity index (χ0v) is 9.50. The Morgan fingerprint density at radius 1 is 1.22 bits per heavy atom. The van der Waals surface area contributed by atoms with Crippen molar-refractivity contribution in [1.29, 1.82) is 0 Å². The number of anilines is 1. The number of nitrogens with one attached hydrogen (secondary N) is 2. The maximum Gasteiger partial charge on any atom is 0.271 e. The molecule has 0 aliphatic carbocycles. The molecule has 1 amide bonds. The van der Waals surface area contributed by atoms with Crippen LogP contribution in [-0.4, -0.2) is 20.9 Å². The first-order chi connectivity index (χ1) is 8.79. The summed E-state index contributed by atoms with van der Waals surface area (Å²) in [7, 11) is 0. The van der Waals surface area contributed by atoms with E-state index in [9.17, 15) is 4.79 Å². The smallest absolute Gasteiger partial charge is 0.271 e. The predicted octanol–water partition coefficient (Wildman–Crippen LogP) is 0.0872. The van der Waals surface area contributed by atoms with E-state index in [4.69, 9.17) is 5.84 Å². The highest BCUT2D eigenvalue weighted by atomic mass is 16.1. The summed E-state index contributed by atoms with van der Waals surface area (Å²) in [6.07, 6.45) is 4.40. The molecule has 2 heterocycles. The summed E-state index contributed by atoms with van der Waals surface area (Å²) in [6.45, 7) is 0.345. The van der Waals surface area contributed by atoms with E-state index < -0.39 is 0 Å². The molecule has 0 unspecified atom stereocenters. The minimum absolute atomic E-state index is 0.227. The van der Waals surface area contributed by atoms with Gasteiger partial charge in [-0.15, -0.1) is 0 Å². The van der Waals surface area contributed by atoms with E-state index >= 15 is 0 Å². The Morgan fingerprint density at radius 2 is 2.11 bits per heavy atom. The average molecular weight is 244 g/mol. The number of hydrazine groups is 1. The van der Waals surface area contributed by atoms with Crippen molar-refractivity contribution < 1.29 is 4.79 Å². The van der Waals surface area contributed by atoms with E-state index in [1.54, 1.807) is 6.20 Å². The lowest BCUT2D eigenvalue weighted by Crippen LogP contribution is -2.24. The molecule has 2 aromatic rings. The molecular weight excluding hydrogens is 232 g/mol. The van der Waals surface area contributed by atoms with Gasteiger partial charge >= 0.3 is 0 Å². The molecule has 0 spiro atoms. The van der Waals surface area contributed by atoms with Gasteiger partial charge in [0.2, 0.25) is 0 Å². The molecule has 0 bridgehead atoms. The highest BCUT2D eigenvalue weighted by Crippen LogP contribution is 1.99. The number of rotatable bonds is 4. The van der Waals surface area contributed by atoms with Gasteiger partial charge in [0.15, 0.2) is 5.82 Å². The van der Waals surface area contributed by atoms with Crippen LogP contribution in [0.15, 0.2) is 36.8 Å². The fraction of sp³-hybridized carbons (Fsp3) is 0.0909. The molecule has 0 saturated carbocycles. The fourth-order valence-electron chi connectivity index (χ4n) is 1.28. The minimum atomic E-state index is -0.309. The average Bonchev–Trinajstić information content (AvgIpc) is 2.46. The van der Waals surface area contributed by atoms with Crippen LogP contribution in [0.25, 0.3) is 0 Å². The molecule has 18 heavy (non-hydrogen) atoms. The highest BCUT2D eigenvalue weighted by Gasteiger charge is 2.07. The quantitative estimate of drug-likeness (QED) is 0.520. The minimum Gasteiger partial charge on any atom is -0.345 e. The van der Waals surface area contributed by atoms with Crippen molar-refractivity contribution in [2.45, 2.75) is 6.54 Å². The van der Waals surface area contributed by atoms with Crippen molar-refractivity contribution in [1.82, 2.24) is 20.3 Å². The molecule has 0 aromatic carbocycles. The van der Waals surface area contributed by atoms with Gasteiger partial charge in [-0.2, -0.15) is 0 Å². The van der Waals surface area contributed by atoms with Crippen molar-refractivity contribution in [3.05, 3.63) is 48.2 Å². The number of aromatic nitrogens is 3. The van der Waals surface area contributed by atoms with E-state index in [-0.39, 0.29) is 11.6 Å². The van der Waals surface area contributed by atoms with E-state index in [2.05, 4.69) is 25.7 Å².